The van der Waals surface area contributed by atoms with Crippen LogP contribution in [-0.4, -0.2) is 34.8 Å². The van der Waals surface area contributed by atoms with E-state index in [1.807, 2.05) is 11.8 Å². The molecule has 3 aromatic rings. The van der Waals surface area contributed by atoms with Gasteiger partial charge in [-0.15, -0.1) is 0 Å². The summed E-state index contributed by atoms with van der Waals surface area (Å²) >= 11 is 0. The van der Waals surface area contributed by atoms with E-state index in [1.54, 1.807) is 0 Å². The molecule has 0 bridgehead atoms. The maximum Gasteiger partial charge on any atom is 0.341 e. The Hall–Kier alpha value is -3.33. The Balaban J connectivity index is 2.04. The normalized spacial score (nSPS) is 17.2. The molecular formula is C23H22F3N3O3. The van der Waals surface area contributed by atoms with Crippen LogP contribution in [0.4, 0.5) is 18.9 Å². The highest BCUT2D eigenvalue weighted by Gasteiger charge is 2.29. The fourth-order valence-corrected chi connectivity index (χ4v) is 4.32. The van der Waals surface area contributed by atoms with Crippen molar-refractivity contribution >= 4 is 22.6 Å². The lowest BCUT2D eigenvalue weighted by Gasteiger charge is -2.23. The van der Waals surface area contributed by atoms with Crippen LogP contribution in [0.25, 0.3) is 16.6 Å². The highest BCUT2D eigenvalue weighted by Crippen LogP contribution is 2.34. The van der Waals surface area contributed by atoms with Crippen LogP contribution in [-0.2, 0) is 0 Å². The van der Waals surface area contributed by atoms with Crippen molar-refractivity contribution in [3.05, 3.63) is 69.3 Å². The maximum atomic E-state index is 15.4. The molecule has 32 heavy (non-hydrogen) atoms. The van der Waals surface area contributed by atoms with E-state index < -0.39 is 34.4 Å². The van der Waals surface area contributed by atoms with Crippen molar-refractivity contribution in [3.63, 3.8) is 0 Å². The fraction of sp³-hybridized carbons (Fsp3) is 0.304. The van der Waals surface area contributed by atoms with Crippen LogP contribution in [0, 0.1) is 30.3 Å². The van der Waals surface area contributed by atoms with Crippen LogP contribution in [0.2, 0.25) is 0 Å². The third-order valence-corrected chi connectivity index (χ3v) is 6.16. The van der Waals surface area contributed by atoms with Crippen molar-refractivity contribution in [2.75, 3.05) is 18.0 Å². The number of benzene rings is 2. The molecule has 2 aromatic carbocycles. The third kappa shape index (κ3) is 3.52. The Morgan fingerprint density at radius 3 is 2.53 bits per heavy atom. The van der Waals surface area contributed by atoms with Gasteiger partial charge in [-0.1, -0.05) is 0 Å². The third-order valence-electron chi connectivity index (χ3n) is 6.16. The monoisotopic (exact) mass is 445 g/mol. The second kappa shape index (κ2) is 7.98. The van der Waals surface area contributed by atoms with E-state index in [-0.39, 0.29) is 39.8 Å². The highest BCUT2D eigenvalue weighted by atomic mass is 19.1. The van der Waals surface area contributed by atoms with Gasteiger partial charge in [0.1, 0.15) is 23.0 Å². The van der Waals surface area contributed by atoms with Gasteiger partial charge in [-0.2, -0.15) is 0 Å². The Bertz CT molecular complexity index is 1300. The van der Waals surface area contributed by atoms with Crippen LogP contribution >= 0.6 is 0 Å². The number of aryl methyl sites for hydroxylation is 1. The van der Waals surface area contributed by atoms with Crippen LogP contribution < -0.4 is 16.1 Å². The number of nitrogens with zero attached hydrogens (tertiary/aromatic N) is 2. The molecule has 2 heterocycles. The Morgan fingerprint density at radius 2 is 1.94 bits per heavy atom. The van der Waals surface area contributed by atoms with Crippen LogP contribution in [0.3, 0.4) is 0 Å². The van der Waals surface area contributed by atoms with Crippen molar-refractivity contribution in [1.29, 1.82) is 0 Å². The number of hydrogen-bond acceptors (Lipinski definition) is 4. The molecule has 1 aliphatic rings. The first-order valence-electron chi connectivity index (χ1n) is 10.2. The number of rotatable bonds is 4. The number of carbonyl (C=O) groups is 1. The molecule has 3 N–H and O–H groups in total. The Kier molecular flexibility index (Phi) is 5.46. The zero-order valence-electron chi connectivity index (χ0n) is 17.5. The van der Waals surface area contributed by atoms with Gasteiger partial charge < -0.3 is 20.3 Å². The van der Waals surface area contributed by atoms with Crippen LogP contribution in [0.5, 0.6) is 0 Å². The molecule has 168 valence electrons. The smallest absolute Gasteiger partial charge is 0.341 e. The zero-order chi connectivity index (χ0) is 23.3. The van der Waals surface area contributed by atoms with Gasteiger partial charge in [-0.05, 0) is 44.4 Å². The molecule has 4 rings (SSSR count). The minimum Gasteiger partial charge on any atom is -0.477 e. The van der Waals surface area contributed by atoms with E-state index >= 15 is 4.39 Å². The first-order valence-corrected chi connectivity index (χ1v) is 10.2. The number of hydrogen-bond donors (Lipinski definition) is 2. The number of aromatic nitrogens is 1. The van der Waals surface area contributed by atoms with Crippen molar-refractivity contribution in [2.45, 2.75) is 26.3 Å². The molecule has 0 aliphatic carbocycles. The van der Waals surface area contributed by atoms with Crippen molar-refractivity contribution in [2.24, 2.45) is 11.7 Å². The standard InChI is InChI=1S/C23H22F3N3O3/c1-11-20-18(8-19(21(11)26)28-6-5-13(9-28)12(2)27)29(10-15(22(20)30)23(31)32)17-4-3-14(24)7-16(17)25/h3-4,7-8,10,12-13H,5-6,9,27H2,1-2H3,(H,31,32)/t12-,13+/m1/s1. The molecule has 9 heteroatoms. The van der Waals surface area contributed by atoms with Gasteiger partial charge in [0.15, 0.2) is 0 Å². The van der Waals surface area contributed by atoms with Gasteiger partial charge >= 0.3 is 5.97 Å². The molecule has 1 aliphatic heterocycles. The number of nitrogens with two attached hydrogens (primary N) is 1. The second-order valence-electron chi connectivity index (χ2n) is 8.23. The SMILES string of the molecule is Cc1c(F)c(N2CC[C@H]([C@@H](C)N)C2)cc2c1c(=O)c(C(=O)O)cn2-c1ccc(F)cc1F. The number of aromatic carboxylic acids is 1. The molecule has 1 fully saturated rings. The van der Waals surface area contributed by atoms with E-state index in [0.717, 1.165) is 29.3 Å². The number of carboxylic acids is 1. The van der Waals surface area contributed by atoms with Gasteiger partial charge in [0.05, 0.1) is 22.3 Å². The molecule has 0 saturated carbocycles. The Morgan fingerprint density at radius 1 is 1.22 bits per heavy atom. The van der Waals surface area contributed by atoms with Gasteiger partial charge in [-0.25, -0.2) is 18.0 Å². The molecule has 6 nitrogen and oxygen atoms in total. The molecule has 1 aromatic heterocycles. The summed E-state index contributed by atoms with van der Waals surface area (Å²) in [7, 11) is 0. The summed E-state index contributed by atoms with van der Waals surface area (Å²) in [5, 5.41) is 9.33. The van der Waals surface area contributed by atoms with Gasteiger partial charge in [-0.3, -0.25) is 4.79 Å². The zero-order valence-corrected chi connectivity index (χ0v) is 17.5. The fourth-order valence-electron chi connectivity index (χ4n) is 4.32. The summed E-state index contributed by atoms with van der Waals surface area (Å²) in [5.41, 5.74) is 4.63. The van der Waals surface area contributed by atoms with Gasteiger partial charge in [0.25, 0.3) is 0 Å². The summed E-state index contributed by atoms with van der Waals surface area (Å²) in [6, 6.07) is 4.16. The number of anilines is 1. The largest absolute Gasteiger partial charge is 0.477 e. The highest BCUT2D eigenvalue weighted by molar-refractivity contribution is 5.95. The summed E-state index contributed by atoms with van der Waals surface area (Å²) in [6.07, 6.45) is 1.75. The van der Waals surface area contributed by atoms with Crippen LogP contribution in [0.1, 0.15) is 29.3 Å². The minimum atomic E-state index is -1.53. The minimum absolute atomic E-state index is 0.0360. The summed E-state index contributed by atoms with van der Waals surface area (Å²) < 4.78 is 44.7. The first-order chi connectivity index (χ1) is 15.1. The Labute approximate surface area is 181 Å². The van der Waals surface area contributed by atoms with E-state index in [4.69, 9.17) is 5.73 Å². The van der Waals surface area contributed by atoms with Crippen molar-refractivity contribution in [3.8, 4) is 5.69 Å². The van der Waals surface area contributed by atoms with Gasteiger partial charge in [0.2, 0.25) is 5.43 Å². The lowest BCUT2D eigenvalue weighted by atomic mass is 10.0. The average Bonchev–Trinajstić information content (AvgIpc) is 3.21. The second-order valence-corrected chi connectivity index (χ2v) is 8.23. The summed E-state index contributed by atoms with van der Waals surface area (Å²) in [5.74, 6) is -3.77. The van der Waals surface area contributed by atoms with Crippen molar-refractivity contribution < 1.29 is 23.1 Å². The van der Waals surface area contributed by atoms with E-state index in [2.05, 4.69) is 0 Å². The maximum absolute atomic E-state index is 15.4. The summed E-state index contributed by atoms with van der Waals surface area (Å²) in [6.45, 7) is 4.34. The van der Waals surface area contributed by atoms with Crippen molar-refractivity contribution in [1.82, 2.24) is 4.57 Å². The summed E-state index contributed by atoms with van der Waals surface area (Å²) in [4.78, 5) is 26.4. The average molecular weight is 445 g/mol. The molecule has 0 radical (unpaired) electrons. The number of fused-ring (bicyclic) bond motifs is 1. The molecule has 0 unspecified atom stereocenters. The first kappa shape index (κ1) is 21.9. The van der Waals surface area contributed by atoms with Gasteiger partial charge in [0, 0.05) is 37.0 Å². The lowest BCUT2D eigenvalue weighted by molar-refractivity contribution is 0.0695. The number of halogens is 3. The van der Waals surface area contributed by atoms with E-state index in [1.165, 1.54) is 13.0 Å². The van der Waals surface area contributed by atoms with E-state index in [9.17, 15) is 23.5 Å². The predicted molar refractivity (Wildman–Crippen MR) is 115 cm³/mol. The number of pyridine rings is 1. The molecular weight excluding hydrogens is 423 g/mol. The van der Waals surface area contributed by atoms with E-state index in [0.29, 0.717) is 19.2 Å². The quantitative estimate of drug-likeness (QED) is 0.641. The predicted octanol–water partition coefficient (Wildman–Crippen LogP) is 3.59. The lowest BCUT2D eigenvalue weighted by Crippen LogP contribution is -2.30. The number of carboxylic acid groups (broad SMARTS) is 1. The molecule has 0 spiro atoms. The molecule has 2 atom stereocenters. The van der Waals surface area contributed by atoms with Crippen LogP contribution in [0.15, 0.2) is 35.3 Å². The topological polar surface area (TPSA) is 88.6 Å². The molecule has 1 saturated heterocycles. The molecule has 0 amide bonds.